The summed E-state index contributed by atoms with van der Waals surface area (Å²) in [6.45, 7) is 3.57. The SMILES string of the molecule is Cc1ccncc1-c1cc2cc(NC(=O)C3C(COC4NCCO4)C3c3cnn(C)c3)ncc2c(Cl)c1F. The molecule has 0 radical (unpaired) electrons. The van der Waals surface area contributed by atoms with Crippen LogP contribution in [0, 0.1) is 24.6 Å². The Hall–Kier alpha value is -3.44. The molecule has 3 aromatic heterocycles. The van der Waals surface area contributed by atoms with E-state index in [9.17, 15) is 4.79 Å². The highest BCUT2D eigenvalue weighted by Crippen LogP contribution is 2.54. The highest BCUT2D eigenvalue weighted by Gasteiger charge is 2.56. The van der Waals surface area contributed by atoms with Crippen LogP contribution in [0.5, 0.6) is 0 Å². The van der Waals surface area contributed by atoms with Gasteiger partial charge in [-0.05, 0) is 41.6 Å². The summed E-state index contributed by atoms with van der Waals surface area (Å²) in [4.78, 5) is 21.9. The molecule has 2 N–H and O–H groups in total. The van der Waals surface area contributed by atoms with Crippen molar-refractivity contribution in [3.8, 4) is 11.1 Å². The number of hydrogen-bond acceptors (Lipinski definition) is 7. The average molecular weight is 537 g/mol. The molecule has 4 aromatic rings. The number of nitrogens with zero attached hydrogens (tertiary/aromatic N) is 4. The lowest BCUT2D eigenvalue weighted by Gasteiger charge is -2.12. The summed E-state index contributed by atoms with van der Waals surface area (Å²) in [5, 5.41) is 11.4. The minimum atomic E-state index is -0.533. The lowest BCUT2D eigenvalue weighted by molar-refractivity contribution is -0.129. The Balaban J connectivity index is 1.25. The van der Waals surface area contributed by atoms with Gasteiger partial charge in [-0.25, -0.2) is 9.37 Å². The predicted molar refractivity (Wildman–Crippen MR) is 140 cm³/mol. The molecule has 1 saturated heterocycles. The van der Waals surface area contributed by atoms with Crippen LogP contribution in [0.3, 0.4) is 0 Å². The molecule has 1 aromatic carbocycles. The van der Waals surface area contributed by atoms with Crippen LogP contribution in [0.2, 0.25) is 5.02 Å². The Kier molecular flexibility index (Phi) is 6.56. The summed E-state index contributed by atoms with van der Waals surface area (Å²) in [5.74, 6) is -0.727. The molecule has 11 heteroatoms. The van der Waals surface area contributed by atoms with Gasteiger partial charge in [-0.1, -0.05) is 11.6 Å². The molecule has 4 atom stereocenters. The molecule has 38 heavy (non-hydrogen) atoms. The van der Waals surface area contributed by atoms with E-state index in [0.717, 1.165) is 17.7 Å². The molecule has 6 rings (SSSR count). The number of hydrogen-bond donors (Lipinski definition) is 2. The number of benzene rings is 1. The number of fused-ring (bicyclic) bond motifs is 1. The van der Waals surface area contributed by atoms with Crippen molar-refractivity contribution in [2.45, 2.75) is 19.3 Å². The second-order valence-electron chi connectivity index (χ2n) is 9.68. The molecule has 1 amide bonds. The van der Waals surface area contributed by atoms with Crippen molar-refractivity contribution in [1.82, 2.24) is 25.1 Å². The van der Waals surface area contributed by atoms with Crippen LogP contribution in [0.1, 0.15) is 17.0 Å². The zero-order valence-electron chi connectivity index (χ0n) is 20.8. The number of amides is 1. The van der Waals surface area contributed by atoms with Gasteiger partial charge < -0.3 is 14.8 Å². The Morgan fingerprint density at radius 2 is 2.18 bits per heavy atom. The third-order valence-electron chi connectivity index (χ3n) is 7.19. The van der Waals surface area contributed by atoms with E-state index >= 15 is 4.39 Å². The van der Waals surface area contributed by atoms with E-state index in [1.165, 1.54) is 6.20 Å². The van der Waals surface area contributed by atoms with Gasteiger partial charge in [-0.3, -0.25) is 19.8 Å². The molecular weight excluding hydrogens is 511 g/mol. The van der Waals surface area contributed by atoms with Crippen LogP contribution in [0.15, 0.2) is 49.2 Å². The molecule has 9 nitrogen and oxygen atoms in total. The molecule has 0 spiro atoms. The summed E-state index contributed by atoms with van der Waals surface area (Å²) >= 11 is 6.39. The topological polar surface area (TPSA) is 103 Å². The zero-order chi connectivity index (χ0) is 26.4. The Morgan fingerprint density at radius 3 is 2.92 bits per heavy atom. The monoisotopic (exact) mass is 536 g/mol. The molecule has 196 valence electrons. The van der Waals surface area contributed by atoms with Crippen LogP contribution in [0.4, 0.5) is 10.2 Å². The van der Waals surface area contributed by atoms with Crippen molar-refractivity contribution < 1.29 is 18.7 Å². The fourth-order valence-electron chi connectivity index (χ4n) is 5.16. The van der Waals surface area contributed by atoms with Crippen LogP contribution in [-0.4, -0.2) is 51.8 Å². The normalized spacial score (nSPS) is 22.6. The number of carbonyl (C=O) groups excluding carboxylic acids is 1. The van der Waals surface area contributed by atoms with Gasteiger partial charge in [0.1, 0.15) is 11.6 Å². The maximum atomic E-state index is 15.2. The maximum Gasteiger partial charge on any atom is 0.229 e. The lowest BCUT2D eigenvalue weighted by atomic mass is 9.99. The van der Waals surface area contributed by atoms with Crippen LogP contribution in [0.25, 0.3) is 21.9 Å². The van der Waals surface area contributed by atoms with Crippen molar-refractivity contribution in [3.05, 3.63) is 71.2 Å². The molecule has 1 saturated carbocycles. The fraction of sp³-hybridized carbons (Fsp3) is 0.333. The standard InChI is InChI=1S/C27H26ClFN6O3/c1-14-3-4-30-10-18(14)17-7-15-8-21(32-11-19(15)24(28)25(17)29)34-26(36)23-20(13-38-27-31-5-6-37-27)22(23)16-9-33-35(2)12-16/h3-4,7-12,20,22-23,27,31H,5-6,13H2,1-2H3,(H,32,34,36). The van der Waals surface area contributed by atoms with Gasteiger partial charge in [-0.2, -0.15) is 5.10 Å². The van der Waals surface area contributed by atoms with Crippen molar-refractivity contribution in [3.63, 3.8) is 0 Å². The molecule has 0 bridgehead atoms. The maximum absolute atomic E-state index is 15.2. The van der Waals surface area contributed by atoms with Crippen molar-refractivity contribution in [2.75, 3.05) is 25.1 Å². The van der Waals surface area contributed by atoms with Crippen molar-refractivity contribution >= 4 is 34.1 Å². The molecule has 4 unspecified atom stereocenters. The zero-order valence-corrected chi connectivity index (χ0v) is 21.6. The number of rotatable bonds is 7. The summed E-state index contributed by atoms with van der Waals surface area (Å²) in [7, 11) is 1.84. The van der Waals surface area contributed by atoms with Gasteiger partial charge >= 0.3 is 0 Å². The van der Waals surface area contributed by atoms with E-state index < -0.39 is 12.2 Å². The van der Waals surface area contributed by atoms with Gasteiger partial charge in [0, 0.05) is 66.7 Å². The average Bonchev–Trinajstić information content (AvgIpc) is 3.18. The molecule has 4 heterocycles. The van der Waals surface area contributed by atoms with E-state index in [-0.39, 0.29) is 28.7 Å². The van der Waals surface area contributed by atoms with Crippen molar-refractivity contribution in [2.24, 2.45) is 18.9 Å². The number of anilines is 1. The van der Waals surface area contributed by atoms with Gasteiger partial charge in [0.2, 0.25) is 12.3 Å². The second kappa shape index (κ2) is 10.0. The third kappa shape index (κ3) is 4.64. The summed E-state index contributed by atoms with van der Waals surface area (Å²) < 4.78 is 28.2. The minimum absolute atomic E-state index is 0.0232. The minimum Gasteiger partial charge on any atom is -0.339 e. The molecule has 2 fully saturated rings. The van der Waals surface area contributed by atoms with E-state index in [2.05, 4.69) is 25.7 Å². The molecule has 1 aliphatic carbocycles. The predicted octanol–water partition coefficient (Wildman–Crippen LogP) is 4.02. The number of carbonyl (C=O) groups is 1. The smallest absolute Gasteiger partial charge is 0.229 e. The molecular formula is C27H26ClFN6O3. The highest BCUT2D eigenvalue weighted by atomic mass is 35.5. The van der Waals surface area contributed by atoms with Crippen LogP contribution >= 0.6 is 11.6 Å². The summed E-state index contributed by atoms with van der Waals surface area (Å²) in [6, 6.07) is 5.23. The quantitative estimate of drug-likeness (QED) is 0.368. The number of pyridine rings is 2. The number of halogens is 2. The number of ether oxygens (including phenoxy) is 2. The van der Waals surface area contributed by atoms with E-state index in [0.29, 0.717) is 40.9 Å². The first kappa shape index (κ1) is 24.9. The lowest BCUT2D eigenvalue weighted by Crippen LogP contribution is -2.27. The second-order valence-corrected chi connectivity index (χ2v) is 10.1. The number of aromatic nitrogens is 4. The van der Waals surface area contributed by atoms with Gasteiger partial charge in [-0.15, -0.1) is 0 Å². The van der Waals surface area contributed by atoms with E-state index in [1.807, 2.05) is 26.2 Å². The first-order valence-electron chi connectivity index (χ1n) is 12.4. The highest BCUT2D eigenvalue weighted by molar-refractivity contribution is 6.36. The largest absolute Gasteiger partial charge is 0.339 e. The first-order valence-corrected chi connectivity index (χ1v) is 12.7. The Labute approximate surface area is 223 Å². The molecule has 2 aliphatic rings. The molecule has 1 aliphatic heterocycles. The van der Waals surface area contributed by atoms with Crippen LogP contribution < -0.4 is 10.6 Å². The number of aryl methyl sites for hydroxylation is 2. The Bertz CT molecular complexity index is 1520. The summed E-state index contributed by atoms with van der Waals surface area (Å²) in [5.41, 5.74) is 2.85. The van der Waals surface area contributed by atoms with E-state index in [1.54, 1.807) is 35.4 Å². The third-order valence-corrected chi connectivity index (χ3v) is 7.55. The van der Waals surface area contributed by atoms with Gasteiger partial charge in [0.25, 0.3) is 0 Å². The van der Waals surface area contributed by atoms with Gasteiger partial charge in [0.05, 0.1) is 30.4 Å². The Morgan fingerprint density at radius 1 is 1.32 bits per heavy atom. The van der Waals surface area contributed by atoms with Crippen LogP contribution in [-0.2, 0) is 21.3 Å². The summed E-state index contributed by atoms with van der Waals surface area (Å²) in [6.07, 6.45) is 7.98. The van der Waals surface area contributed by atoms with E-state index in [4.69, 9.17) is 21.1 Å². The van der Waals surface area contributed by atoms with Gasteiger partial charge in [0.15, 0.2) is 0 Å². The van der Waals surface area contributed by atoms with Crippen molar-refractivity contribution in [1.29, 1.82) is 0 Å². The number of nitrogens with one attached hydrogen (secondary N) is 2. The first-order chi connectivity index (χ1) is 18.4. The fourth-order valence-corrected chi connectivity index (χ4v) is 5.42.